The lowest BCUT2D eigenvalue weighted by Gasteiger charge is -2.28. The molecule has 1 aliphatic heterocycles. The number of carbonyl (C=O) groups excluding carboxylic acids is 2. The van der Waals surface area contributed by atoms with Crippen LogP contribution in [0.25, 0.3) is 5.57 Å². The van der Waals surface area contributed by atoms with Gasteiger partial charge in [-0.3, -0.25) is 14.6 Å². The normalized spacial score (nSPS) is 16.5. The van der Waals surface area contributed by atoms with Gasteiger partial charge in [-0.15, -0.1) is 0 Å². The van der Waals surface area contributed by atoms with Crippen LogP contribution in [0.15, 0.2) is 54.5 Å². The van der Waals surface area contributed by atoms with Gasteiger partial charge in [-0.05, 0) is 49.8 Å². The van der Waals surface area contributed by atoms with Crippen LogP contribution in [0.2, 0.25) is 0 Å². The molecule has 0 radical (unpaired) electrons. The minimum atomic E-state index is -0.806. The van der Waals surface area contributed by atoms with E-state index in [4.69, 9.17) is 4.74 Å². The van der Waals surface area contributed by atoms with Gasteiger partial charge in [0.1, 0.15) is 5.82 Å². The maximum atomic E-state index is 12.9. The van der Waals surface area contributed by atoms with Gasteiger partial charge in [0.2, 0.25) is 0 Å². The fourth-order valence-corrected chi connectivity index (χ4v) is 3.66. The first-order valence-corrected chi connectivity index (χ1v) is 10.8. The zero-order valence-corrected chi connectivity index (χ0v) is 18.7. The zero-order valence-electron chi connectivity index (χ0n) is 18.7. The lowest BCUT2D eigenvalue weighted by molar-refractivity contribution is -0.113. The first-order valence-electron chi connectivity index (χ1n) is 10.8. The molecule has 2 aromatic heterocycles. The molecular weight excluding hydrogens is 418 g/mol. The third-order valence-electron chi connectivity index (χ3n) is 5.70. The SMILES string of the molecule is CC(C)(C#N)c1cc(C(=O)NC2=CCC(=O)C(c3ccnc(N4CCOCC4)c3)=C2)ccn1. The third kappa shape index (κ3) is 4.99. The Hall–Kier alpha value is -3.83. The molecule has 1 saturated heterocycles. The number of ether oxygens (including phenoxy) is 1. The summed E-state index contributed by atoms with van der Waals surface area (Å²) in [7, 11) is 0. The van der Waals surface area contributed by atoms with E-state index in [9.17, 15) is 14.9 Å². The fraction of sp³-hybridized carbons (Fsp3) is 0.320. The highest BCUT2D eigenvalue weighted by Gasteiger charge is 2.23. The van der Waals surface area contributed by atoms with Crippen LogP contribution in [-0.2, 0) is 14.9 Å². The van der Waals surface area contributed by atoms with E-state index >= 15 is 0 Å². The number of nitrogens with one attached hydrogen (secondary N) is 1. The van der Waals surface area contributed by atoms with Gasteiger partial charge in [-0.2, -0.15) is 5.26 Å². The number of morpholine rings is 1. The first kappa shape index (κ1) is 22.4. The van der Waals surface area contributed by atoms with Crippen molar-refractivity contribution in [2.75, 3.05) is 31.2 Å². The van der Waals surface area contributed by atoms with Crippen LogP contribution < -0.4 is 10.2 Å². The molecular formula is C25H25N5O3. The Labute approximate surface area is 192 Å². The van der Waals surface area contributed by atoms with E-state index in [2.05, 4.69) is 26.3 Å². The summed E-state index contributed by atoms with van der Waals surface area (Å²) in [6.45, 7) is 6.30. The van der Waals surface area contributed by atoms with E-state index in [1.807, 2.05) is 6.07 Å². The van der Waals surface area contributed by atoms with Crippen LogP contribution in [0.5, 0.6) is 0 Å². The summed E-state index contributed by atoms with van der Waals surface area (Å²) in [6.07, 6.45) is 6.81. The van der Waals surface area contributed by atoms with Crippen molar-refractivity contribution in [3.63, 3.8) is 0 Å². The van der Waals surface area contributed by atoms with Crippen molar-refractivity contribution in [2.24, 2.45) is 0 Å². The molecule has 8 heteroatoms. The molecule has 2 aromatic rings. The largest absolute Gasteiger partial charge is 0.378 e. The molecule has 168 valence electrons. The predicted molar refractivity (Wildman–Crippen MR) is 123 cm³/mol. The average molecular weight is 444 g/mol. The summed E-state index contributed by atoms with van der Waals surface area (Å²) in [5.41, 5.74) is 1.96. The second kappa shape index (κ2) is 9.35. The van der Waals surface area contributed by atoms with Crippen molar-refractivity contribution in [1.29, 1.82) is 5.26 Å². The predicted octanol–water partition coefficient (Wildman–Crippen LogP) is 2.78. The van der Waals surface area contributed by atoms with Crippen LogP contribution in [-0.4, -0.2) is 48.0 Å². The number of allylic oxidation sites excluding steroid dienone is 3. The number of aromatic nitrogens is 2. The molecule has 0 bridgehead atoms. The Kier molecular flexibility index (Phi) is 6.33. The Balaban J connectivity index is 1.54. The molecule has 1 aliphatic carbocycles. The second-order valence-corrected chi connectivity index (χ2v) is 8.47. The van der Waals surface area contributed by atoms with Gasteiger partial charge < -0.3 is 15.0 Å². The molecule has 0 spiro atoms. The Morgan fingerprint density at radius 1 is 1.18 bits per heavy atom. The van der Waals surface area contributed by atoms with Crippen LogP contribution >= 0.6 is 0 Å². The molecule has 3 heterocycles. The molecule has 8 nitrogen and oxygen atoms in total. The number of pyridine rings is 2. The van der Waals surface area contributed by atoms with Crippen molar-refractivity contribution in [3.05, 3.63) is 71.3 Å². The van der Waals surface area contributed by atoms with Crippen LogP contribution in [0, 0.1) is 11.3 Å². The molecule has 33 heavy (non-hydrogen) atoms. The van der Waals surface area contributed by atoms with Gasteiger partial charge in [0, 0.05) is 48.7 Å². The van der Waals surface area contributed by atoms with E-state index in [0.717, 1.165) is 24.5 Å². The Bertz CT molecular complexity index is 1190. The molecule has 0 aromatic carbocycles. The van der Waals surface area contributed by atoms with E-state index in [-0.39, 0.29) is 18.1 Å². The number of nitrogens with zero attached hydrogens (tertiary/aromatic N) is 4. The van der Waals surface area contributed by atoms with E-state index < -0.39 is 5.41 Å². The van der Waals surface area contributed by atoms with Crippen LogP contribution in [0.4, 0.5) is 5.82 Å². The van der Waals surface area contributed by atoms with Crippen LogP contribution in [0.3, 0.4) is 0 Å². The summed E-state index contributed by atoms with van der Waals surface area (Å²) in [4.78, 5) is 36.3. The summed E-state index contributed by atoms with van der Waals surface area (Å²) in [5, 5.41) is 12.2. The second-order valence-electron chi connectivity index (χ2n) is 8.47. The highest BCUT2D eigenvalue weighted by atomic mass is 16.5. The van der Waals surface area contributed by atoms with Crippen molar-refractivity contribution >= 4 is 23.1 Å². The molecule has 0 saturated carbocycles. The molecule has 0 unspecified atom stereocenters. The number of hydrogen-bond acceptors (Lipinski definition) is 7. The number of hydrogen-bond donors (Lipinski definition) is 1. The number of ketones is 1. The summed E-state index contributed by atoms with van der Waals surface area (Å²) in [6, 6.07) is 9.12. The number of nitriles is 1. The molecule has 1 fully saturated rings. The smallest absolute Gasteiger partial charge is 0.255 e. The van der Waals surface area contributed by atoms with Crippen LogP contribution in [0.1, 0.15) is 41.9 Å². The standard InChI is InChI=1S/C25H25N5O3/c1-25(2,16-26)22-13-18(6-7-27-22)24(32)29-19-3-4-21(31)20(15-19)17-5-8-28-23(14-17)30-9-11-33-12-10-30/h3,5-8,13-15H,4,9-12H2,1-2H3,(H,29,32). The maximum Gasteiger partial charge on any atom is 0.255 e. The summed E-state index contributed by atoms with van der Waals surface area (Å²) < 4.78 is 5.40. The van der Waals surface area contributed by atoms with Gasteiger partial charge in [0.15, 0.2) is 5.78 Å². The van der Waals surface area contributed by atoms with Gasteiger partial charge in [-0.25, -0.2) is 4.98 Å². The maximum absolute atomic E-state index is 12.9. The highest BCUT2D eigenvalue weighted by Crippen LogP contribution is 2.26. The van der Waals surface area contributed by atoms with Crippen molar-refractivity contribution in [1.82, 2.24) is 15.3 Å². The number of Topliss-reactive ketones (excluding diaryl/α,β-unsaturated/α-hetero) is 1. The van der Waals surface area contributed by atoms with Gasteiger partial charge in [-0.1, -0.05) is 6.08 Å². The lowest BCUT2D eigenvalue weighted by Crippen LogP contribution is -2.36. The Morgan fingerprint density at radius 3 is 2.70 bits per heavy atom. The quantitative estimate of drug-likeness (QED) is 0.757. The average Bonchev–Trinajstić information content (AvgIpc) is 2.86. The number of anilines is 1. The van der Waals surface area contributed by atoms with E-state index in [1.54, 1.807) is 50.4 Å². The van der Waals surface area contributed by atoms with Crippen molar-refractivity contribution in [2.45, 2.75) is 25.7 Å². The Morgan fingerprint density at radius 2 is 1.94 bits per heavy atom. The van der Waals surface area contributed by atoms with Crippen molar-refractivity contribution in [3.8, 4) is 6.07 Å². The van der Waals surface area contributed by atoms with Crippen molar-refractivity contribution < 1.29 is 14.3 Å². The van der Waals surface area contributed by atoms with Gasteiger partial charge >= 0.3 is 0 Å². The number of rotatable bonds is 5. The molecule has 4 rings (SSSR count). The fourth-order valence-electron chi connectivity index (χ4n) is 3.66. The first-order chi connectivity index (χ1) is 15.9. The monoisotopic (exact) mass is 443 g/mol. The van der Waals surface area contributed by atoms with Gasteiger partial charge in [0.05, 0.1) is 30.4 Å². The lowest BCUT2D eigenvalue weighted by atomic mass is 9.90. The number of carbonyl (C=O) groups is 2. The molecule has 2 aliphatic rings. The molecule has 1 N–H and O–H groups in total. The number of amides is 1. The topological polar surface area (TPSA) is 108 Å². The minimum absolute atomic E-state index is 0.0194. The van der Waals surface area contributed by atoms with E-state index in [0.29, 0.717) is 35.7 Å². The summed E-state index contributed by atoms with van der Waals surface area (Å²) in [5.74, 6) is 0.454. The van der Waals surface area contributed by atoms with Gasteiger partial charge in [0.25, 0.3) is 5.91 Å². The molecule has 0 atom stereocenters. The van der Waals surface area contributed by atoms with E-state index in [1.165, 1.54) is 6.20 Å². The minimum Gasteiger partial charge on any atom is -0.378 e. The highest BCUT2D eigenvalue weighted by molar-refractivity contribution is 6.22. The zero-order chi connectivity index (χ0) is 23.4. The third-order valence-corrected chi connectivity index (χ3v) is 5.70. The summed E-state index contributed by atoms with van der Waals surface area (Å²) >= 11 is 0. The molecule has 1 amide bonds.